The van der Waals surface area contributed by atoms with E-state index in [0.717, 1.165) is 10.5 Å². The van der Waals surface area contributed by atoms with Gasteiger partial charge in [-0.05, 0) is 61.0 Å². The highest BCUT2D eigenvalue weighted by Crippen LogP contribution is 2.47. The van der Waals surface area contributed by atoms with Crippen LogP contribution in [0, 0.1) is 0 Å². The van der Waals surface area contributed by atoms with Gasteiger partial charge in [-0.25, -0.2) is 4.79 Å². The van der Waals surface area contributed by atoms with Crippen molar-refractivity contribution in [1.29, 1.82) is 0 Å². The lowest BCUT2D eigenvalue weighted by Crippen LogP contribution is -2.38. The Hall–Kier alpha value is -3.98. The summed E-state index contributed by atoms with van der Waals surface area (Å²) in [6, 6.07) is 19.7. The van der Waals surface area contributed by atoms with Gasteiger partial charge in [0.25, 0.3) is 0 Å². The minimum Gasteiger partial charge on any atom is -0.462 e. The highest BCUT2D eigenvalue weighted by atomic mass is 32.2. The summed E-state index contributed by atoms with van der Waals surface area (Å²) in [6.07, 6.45) is 0.223. The molecule has 5 rings (SSSR count). The minimum atomic E-state index is -0.420. The minimum absolute atomic E-state index is 0.135. The number of hydrogen-bond donors (Lipinski definition) is 1. The quantitative estimate of drug-likeness (QED) is 0.482. The van der Waals surface area contributed by atoms with E-state index >= 15 is 0 Å². The van der Waals surface area contributed by atoms with Crippen LogP contribution in [0.25, 0.3) is 0 Å². The molecule has 9 heteroatoms. The van der Waals surface area contributed by atoms with Crippen molar-refractivity contribution in [2.45, 2.75) is 23.5 Å². The van der Waals surface area contributed by atoms with Crippen molar-refractivity contribution < 1.29 is 28.6 Å². The van der Waals surface area contributed by atoms with Crippen LogP contribution in [0.3, 0.4) is 0 Å². The van der Waals surface area contributed by atoms with Crippen LogP contribution in [0.2, 0.25) is 0 Å². The van der Waals surface area contributed by atoms with Gasteiger partial charge in [0, 0.05) is 22.3 Å². The number of anilines is 2. The van der Waals surface area contributed by atoms with Crippen LogP contribution in [0.1, 0.15) is 34.5 Å². The third-order valence-corrected chi connectivity index (χ3v) is 7.16. The normalized spacial score (nSPS) is 16.2. The number of nitrogens with zero attached hydrogens (tertiary/aromatic N) is 1. The molecule has 0 spiro atoms. The molecular formula is C27H24N2O6S. The molecule has 36 heavy (non-hydrogen) atoms. The van der Waals surface area contributed by atoms with Gasteiger partial charge in [-0.15, -0.1) is 11.8 Å². The smallest absolute Gasteiger partial charge is 0.338 e. The summed E-state index contributed by atoms with van der Waals surface area (Å²) in [5.74, 6) is 0.453. The Morgan fingerprint density at radius 2 is 1.83 bits per heavy atom. The zero-order valence-electron chi connectivity index (χ0n) is 19.6. The Labute approximate surface area is 212 Å². The molecule has 0 fully saturated rings. The van der Waals surface area contributed by atoms with Gasteiger partial charge in [-0.1, -0.05) is 18.2 Å². The second-order valence-corrected chi connectivity index (χ2v) is 9.46. The van der Waals surface area contributed by atoms with Gasteiger partial charge >= 0.3 is 5.97 Å². The maximum atomic E-state index is 13.4. The van der Waals surface area contributed by atoms with Gasteiger partial charge in [0.05, 0.1) is 17.9 Å². The summed E-state index contributed by atoms with van der Waals surface area (Å²) < 4.78 is 15.9. The Balaban J connectivity index is 1.32. The summed E-state index contributed by atoms with van der Waals surface area (Å²) in [4.78, 5) is 40.6. The van der Waals surface area contributed by atoms with E-state index in [-0.39, 0.29) is 43.4 Å². The van der Waals surface area contributed by atoms with E-state index in [1.54, 1.807) is 43.0 Å². The number of nitrogens with one attached hydrogen (secondary N) is 1. The second-order valence-electron chi connectivity index (χ2n) is 8.22. The van der Waals surface area contributed by atoms with Crippen molar-refractivity contribution in [3.63, 3.8) is 0 Å². The number of ether oxygens (including phenoxy) is 3. The molecule has 1 unspecified atom stereocenters. The first-order valence-electron chi connectivity index (χ1n) is 11.5. The average molecular weight is 505 g/mol. The molecule has 2 aliphatic heterocycles. The zero-order valence-corrected chi connectivity index (χ0v) is 20.4. The van der Waals surface area contributed by atoms with E-state index in [0.29, 0.717) is 28.4 Å². The topological polar surface area (TPSA) is 94.2 Å². The van der Waals surface area contributed by atoms with E-state index in [9.17, 15) is 14.4 Å². The summed E-state index contributed by atoms with van der Waals surface area (Å²) in [7, 11) is 0. The first-order chi connectivity index (χ1) is 17.5. The van der Waals surface area contributed by atoms with Gasteiger partial charge in [-0.2, -0.15) is 0 Å². The van der Waals surface area contributed by atoms with Crippen molar-refractivity contribution in [3.8, 4) is 11.5 Å². The van der Waals surface area contributed by atoms with Crippen molar-refractivity contribution in [2.75, 3.05) is 30.2 Å². The molecule has 3 aromatic carbocycles. The molecule has 8 nitrogen and oxygen atoms in total. The first-order valence-corrected chi connectivity index (χ1v) is 12.4. The summed E-state index contributed by atoms with van der Waals surface area (Å²) in [6.45, 7) is 2.08. The predicted octanol–water partition coefficient (Wildman–Crippen LogP) is 4.80. The van der Waals surface area contributed by atoms with E-state index in [1.807, 2.05) is 42.5 Å². The largest absolute Gasteiger partial charge is 0.462 e. The van der Waals surface area contributed by atoms with E-state index in [2.05, 4.69) is 5.32 Å². The Kier molecular flexibility index (Phi) is 6.81. The number of rotatable bonds is 6. The molecule has 0 bridgehead atoms. The molecule has 1 N–H and O–H groups in total. The molecule has 2 aliphatic rings. The number of carbonyl (C=O) groups excluding carboxylic acids is 3. The monoisotopic (exact) mass is 504 g/mol. The number of benzene rings is 3. The molecule has 2 amide bonds. The fourth-order valence-corrected chi connectivity index (χ4v) is 5.37. The lowest BCUT2D eigenvalue weighted by atomic mass is 10.1. The molecule has 184 valence electrons. The molecule has 2 heterocycles. The summed E-state index contributed by atoms with van der Waals surface area (Å²) >= 11 is 1.59. The predicted molar refractivity (Wildman–Crippen MR) is 136 cm³/mol. The van der Waals surface area contributed by atoms with Crippen molar-refractivity contribution in [3.05, 3.63) is 77.9 Å². The number of amides is 2. The van der Waals surface area contributed by atoms with Crippen molar-refractivity contribution in [2.24, 2.45) is 0 Å². The fourth-order valence-electron chi connectivity index (χ4n) is 4.10. The molecule has 0 saturated heterocycles. The molecule has 0 radical (unpaired) electrons. The number of hydrogen-bond acceptors (Lipinski definition) is 7. The van der Waals surface area contributed by atoms with Gasteiger partial charge in [-0.3, -0.25) is 9.59 Å². The number of esters is 1. The first kappa shape index (κ1) is 23.7. The summed E-state index contributed by atoms with van der Waals surface area (Å²) in [5, 5.41) is 2.67. The van der Waals surface area contributed by atoms with Gasteiger partial charge in [0.15, 0.2) is 11.5 Å². The number of para-hydroxylation sites is 1. The molecule has 1 atom stereocenters. The van der Waals surface area contributed by atoms with Crippen molar-refractivity contribution >= 4 is 40.9 Å². The maximum absolute atomic E-state index is 13.4. The number of thioether (sulfide) groups is 1. The Morgan fingerprint density at radius 1 is 1.06 bits per heavy atom. The second kappa shape index (κ2) is 10.3. The molecule has 0 aromatic heterocycles. The van der Waals surface area contributed by atoms with Crippen LogP contribution >= 0.6 is 11.8 Å². The van der Waals surface area contributed by atoms with E-state index in [4.69, 9.17) is 14.2 Å². The number of fused-ring (bicyclic) bond motifs is 2. The Bertz CT molecular complexity index is 1310. The third kappa shape index (κ3) is 5.01. The zero-order chi connectivity index (χ0) is 25.1. The lowest BCUT2D eigenvalue weighted by Gasteiger charge is -2.22. The maximum Gasteiger partial charge on any atom is 0.338 e. The van der Waals surface area contributed by atoms with Crippen LogP contribution in [-0.2, 0) is 14.3 Å². The molecule has 0 aliphatic carbocycles. The Morgan fingerprint density at radius 3 is 2.64 bits per heavy atom. The average Bonchev–Trinajstić information content (AvgIpc) is 3.31. The lowest BCUT2D eigenvalue weighted by molar-refractivity contribution is -0.121. The van der Waals surface area contributed by atoms with Crippen molar-refractivity contribution in [1.82, 2.24) is 0 Å². The highest BCUT2D eigenvalue weighted by molar-refractivity contribution is 7.99. The highest BCUT2D eigenvalue weighted by Gasteiger charge is 2.31. The van der Waals surface area contributed by atoms with Gasteiger partial charge in [0.1, 0.15) is 6.54 Å². The fraction of sp³-hybridized carbons (Fsp3) is 0.222. The van der Waals surface area contributed by atoms with Crippen LogP contribution in [-0.4, -0.2) is 37.7 Å². The van der Waals surface area contributed by atoms with Crippen LogP contribution in [0.5, 0.6) is 11.5 Å². The summed E-state index contributed by atoms with van der Waals surface area (Å²) in [5.41, 5.74) is 2.58. The number of carbonyl (C=O) groups is 3. The van der Waals surface area contributed by atoms with E-state index in [1.165, 1.54) is 4.90 Å². The van der Waals surface area contributed by atoms with Gasteiger partial charge in [0.2, 0.25) is 18.6 Å². The standard InChI is InChI=1S/C27H24N2O6S/c1-2-33-27(32)17-7-10-19(11-8-17)28-25(30)15-29-20-5-3-4-6-23(20)36-24(14-26(29)31)18-9-12-21-22(13-18)35-16-34-21/h3-13,24H,2,14-16H2,1H3,(H,28,30). The van der Waals surface area contributed by atoms with Gasteiger partial charge < -0.3 is 24.4 Å². The van der Waals surface area contributed by atoms with E-state index < -0.39 is 5.97 Å². The molecule has 0 saturated carbocycles. The molecular weight excluding hydrogens is 480 g/mol. The SMILES string of the molecule is CCOC(=O)c1ccc(NC(=O)CN2C(=O)CC(c3ccc4c(c3)OCO4)Sc3ccccc32)cc1. The van der Waals surface area contributed by atoms with Crippen LogP contribution < -0.4 is 19.7 Å². The third-order valence-electron chi connectivity index (χ3n) is 5.84. The van der Waals surface area contributed by atoms with Crippen LogP contribution in [0.4, 0.5) is 11.4 Å². The molecule has 3 aromatic rings. The van der Waals surface area contributed by atoms with Crippen LogP contribution in [0.15, 0.2) is 71.6 Å².